The van der Waals surface area contributed by atoms with E-state index >= 15 is 0 Å². The molecule has 0 fully saturated rings. The van der Waals surface area contributed by atoms with Crippen LogP contribution in [0.25, 0.3) is 0 Å². The van der Waals surface area contributed by atoms with Crippen molar-refractivity contribution in [3.63, 3.8) is 0 Å². The van der Waals surface area contributed by atoms with Crippen molar-refractivity contribution in [2.45, 2.75) is 47.1 Å². The summed E-state index contributed by atoms with van der Waals surface area (Å²) in [6.07, 6.45) is 6.93. The molecule has 0 aliphatic rings. The average Bonchev–Trinajstić information content (AvgIpc) is 2.46. The molecule has 0 amide bonds. The highest BCUT2D eigenvalue weighted by atomic mass is 32.2. The maximum Gasteiger partial charge on any atom is 0.213 e. The maximum absolute atomic E-state index is 5.67. The third kappa shape index (κ3) is 8.03. The number of aromatic nitrogens is 1. The second-order valence-electron chi connectivity index (χ2n) is 5.92. The van der Waals surface area contributed by atoms with Gasteiger partial charge < -0.3 is 4.74 Å². The molecule has 0 saturated carbocycles. The summed E-state index contributed by atoms with van der Waals surface area (Å²) < 4.78 is 5.67. The number of pyridine rings is 1. The van der Waals surface area contributed by atoms with Crippen LogP contribution in [0, 0.1) is 5.92 Å². The fourth-order valence-corrected chi connectivity index (χ4v) is 2.61. The minimum Gasteiger partial charge on any atom is -0.478 e. The summed E-state index contributed by atoms with van der Waals surface area (Å²) >= 11 is 1.58. The summed E-state index contributed by atoms with van der Waals surface area (Å²) in [5.74, 6) is 1.30. The second-order valence-corrected chi connectivity index (χ2v) is 7.21. The van der Waals surface area contributed by atoms with E-state index in [1.807, 2.05) is 38.3 Å². The van der Waals surface area contributed by atoms with Crippen molar-refractivity contribution < 1.29 is 4.74 Å². The normalized spacial score (nSPS) is 13.6. The van der Waals surface area contributed by atoms with Crippen LogP contribution in [0.1, 0.15) is 46.6 Å². The van der Waals surface area contributed by atoms with Gasteiger partial charge in [-0.05, 0) is 44.1 Å². The Morgan fingerprint density at radius 3 is 2.65 bits per heavy atom. The molecule has 0 aliphatic heterocycles. The van der Waals surface area contributed by atoms with Crippen LogP contribution in [-0.2, 0) is 0 Å². The van der Waals surface area contributed by atoms with E-state index in [2.05, 4.69) is 38.4 Å². The highest BCUT2D eigenvalue weighted by Gasteiger charge is 2.08. The number of ether oxygens (including phenoxy) is 1. The molecule has 0 bridgehead atoms. The molecule has 0 N–H and O–H groups in total. The fraction of sp³-hybridized carbons (Fsp3) is 0.474. The third-order valence-electron chi connectivity index (χ3n) is 2.99. The topological polar surface area (TPSA) is 34.5 Å². The van der Waals surface area contributed by atoms with Gasteiger partial charge in [-0.2, -0.15) is 0 Å². The Morgan fingerprint density at radius 2 is 2.13 bits per heavy atom. The highest BCUT2D eigenvalue weighted by Crippen LogP contribution is 2.22. The van der Waals surface area contributed by atoms with E-state index in [9.17, 15) is 0 Å². The van der Waals surface area contributed by atoms with Gasteiger partial charge in [-0.3, -0.25) is 4.99 Å². The van der Waals surface area contributed by atoms with E-state index in [0.29, 0.717) is 18.4 Å². The Labute approximate surface area is 145 Å². The highest BCUT2D eigenvalue weighted by molar-refractivity contribution is 8.17. The second kappa shape index (κ2) is 10.3. The maximum atomic E-state index is 5.67. The molecule has 0 spiro atoms. The Bertz CT molecular complexity index is 547. The number of allylic oxidation sites excluding steroid dienone is 2. The zero-order valence-electron chi connectivity index (χ0n) is 14.9. The standard InChI is InChI=1S/C19H28N2OS/c1-7-8-16(6)21-19(23-15(4)5)17-9-10-18(20-13-17)22-12-11-14(2)3/h7-10,13-14,16H,4,11-12H2,1-3,5-6H3/b8-7-,21-19?. The first-order valence-electron chi connectivity index (χ1n) is 8.05. The smallest absolute Gasteiger partial charge is 0.213 e. The van der Waals surface area contributed by atoms with Crippen molar-refractivity contribution in [2.75, 3.05) is 6.61 Å². The largest absolute Gasteiger partial charge is 0.478 e. The summed E-state index contributed by atoms with van der Waals surface area (Å²) in [4.78, 5) is 10.1. The number of thioether (sulfide) groups is 1. The Balaban J connectivity index is 2.84. The van der Waals surface area contributed by atoms with Crippen molar-refractivity contribution >= 4 is 16.8 Å². The molecule has 3 nitrogen and oxygen atoms in total. The molecule has 126 valence electrons. The van der Waals surface area contributed by atoms with Crippen molar-refractivity contribution in [1.82, 2.24) is 4.98 Å². The predicted octanol–water partition coefficient (Wildman–Crippen LogP) is 5.48. The molecule has 0 aliphatic carbocycles. The molecular formula is C19H28N2OS. The summed E-state index contributed by atoms with van der Waals surface area (Å²) in [5, 5.41) is 0.935. The SMILES string of the molecule is C=C(C)SC(=NC(C)/C=C\C)c1ccc(OCCC(C)C)nc1. The van der Waals surface area contributed by atoms with Gasteiger partial charge in [0.05, 0.1) is 12.6 Å². The van der Waals surface area contributed by atoms with Gasteiger partial charge >= 0.3 is 0 Å². The first kappa shape index (κ1) is 19.5. The summed E-state index contributed by atoms with van der Waals surface area (Å²) in [6, 6.07) is 4.04. The lowest BCUT2D eigenvalue weighted by Crippen LogP contribution is -2.05. The lowest BCUT2D eigenvalue weighted by Gasteiger charge is -2.10. The van der Waals surface area contributed by atoms with E-state index < -0.39 is 0 Å². The lowest BCUT2D eigenvalue weighted by atomic mass is 10.1. The minimum absolute atomic E-state index is 0.129. The van der Waals surface area contributed by atoms with E-state index in [1.54, 1.807) is 11.8 Å². The Morgan fingerprint density at radius 1 is 1.39 bits per heavy atom. The average molecular weight is 333 g/mol. The van der Waals surface area contributed by atoms with Crippen LogP contribution in [0.4, 0.5) is 0 Å². The molecule has 1 aromatic heterocycles. The zero-order valence-corrected chi connectivity index (χ0v) is 15.7. The van der Waals surface area contributed by atoms with Crippen molar-refractivity contribution in [1.29, 1.82) is 0 Å². The molecule has 1 rings (SSSR count). The van der Waals surface area contributed by atoms with Gasteiger partial charge in [-0.15, -0.1) is 0 Å². The van der Waals surface area contributed by atoms with Gasteiger partial charge in [0.15, 0.2) is 0 Å². The molecule has 1 heterocycles. The summed E-state index contributed by atoms with van der Waals surface area (Å²) in [6.45, 7) is 15.1. The molecule has 0 radical (unpaired) electrons. The van der Waals surface area contributed by atoms with E-state index in [0.717, 1.165) is 21.9 Å². The predicted molar refractivity (Wildman–Crippen MR) is 102 cm³/mol. The molecule has 1 atom stereocenters. The number of rotatable bonds is 8. The van der Waals surface area contributed by atoms with Crippen LogP contribution in [0.3, 0.4) is 0 Å². The molecular weight excluding hydrogens is 304 g/mol. The number of hydrogen-bond donors (Lipinski definition) is 0. The van der Waals surface area contributed by atoms with Crippen LogP contribution in [0.5, 0.6) is 5.88 Å². The van der Waals surface area contributed by atoms with Crippen LogP contribution in [-0.4, -0.2) is 22.7 Å². The summed E-state index contributed by atoms with van der Waals surface area (Å²) in [7, 11) is 0. The molecule has 0 aromatic carbocycles. The van der Waals surface area contributed by atoms with Gasteiger partial charge in [-0.25, -0.2) is 4.98 Å². The van der Waals surface area contributed by atoms with Crippen LogP contribution in [0.15, 0.2) is 47.0 Å². The van der Waals surface area contributed by atoms with Gasteiger partial charge in [0.1, 0.15) is 5.04 Å². The molecule has 4 heteroatoms. The van der Waals surface area contributed by atoms with Gasteiger partial charge in [0.2, 0.25) is 5.88 Å². The van der Waals surface area contributed by atoms with Crippen molar-refractivity contribution in [3.05, 3.63) is 47.5 Å². The van der Waals surface area contributed by atoms with Gasteiger partial charge in [0.25, 0.3) is 0 Å². The minimum atomic E-state index is 0.129. The van der Waals surface area contributed by atoms with E-state index in [1.165, 1.54) is 0 Å². The van der Waals surface area contributed by atoms with E-state index in [4.69, 9.17) is 9.73 Å². The molecule has 1 unspecified atom stereocenters. The Kier molecular flexibility index (Phi) is 8.70. The van der Waals surface area contributed by atoms with E-state index in [-0.39, 0.29) is 6.04 Å². The monoisotopic (exact) mass is 332 g/mol. The van der Waals surface area contributed by atoms with Gasteiger partial charge in [0, 0.05) is 17.8 Å². The first-order valence-corrected chi connectivity index (χ1v) is 8.87. The number of aliphatic imine (C=N–C) groups is 1. The van der Waals surface area contributed by atoms with Crippen LogP contribution < -0.4 is 4.74 Å². The quantitative estimate of drug-likeness (QED) is 0.359. The van der Waals surface area contributed by atoms with Gasteiger partial charge in [-0.1, -0.05) is 44.3 Å². The lowest BCUT2D eigenvalue weighted by molar-refractivity contribution is 0.279. The third-order valence-corrected chi connectivity index (χ3v) is 3.87. The fourth-order valence-electron chi connectivity index (χ4n) is 1.82. The van der Waals surface area contributed by atoms with Crippen LogP contribution >= 0.6 is 11.8 Å². The molecule has 23 heavy (non-hydrogen) atoms. The van der Waals surface area contributed by atoms with Crippen LogP contribution in [0.2, 0.25) is 0 Å². The molecule has 0 saturated heterocycles. The van der Waals surface area contributed by atoms with Crippen molar-refractivity contribution in [3.8, 4) is 5.88 Å². The zero-order chi connectivity index (χ0) is 17.2. The molecule has 1 aromatic rings. The number of nitrogens with zero attached hydrogens (tertiary/aromatic N) is 2. The summed E-state index contributed by atoms with van der Waals surface area (Å²) in [5.41, 5.74) is 0.991. The Hall–Kier alpha value is -1.55. The van der Waals surface area contributed by atoms with Crippen molar-refractivity contribution in [2.24, 2.45) is 10.9 Å². The first-order chi connectivity index (χ1) is 10.9. The number of hydrogen-bond acceptors (Lipinski definition) is 4.